The molecular weight excluding hydrogens is 380 g/mol. The van der Waals surface area contributed by atoms with Gasteiger partial charge in [-0.05, 0) is 49.7 Å². The Morgan fingerprint density at radius 3 is 2.70 bits per heavy atom. The summed E-state index contributed by atoms with van der Waals surface area (Å²) in [5.74, 6) is 1.12. The molecule has 0 radical (unpaired) electrons. The molecule has 0 heterocycles. The number of rotatable bonds is 6. The zero-order valence-electron chi connectivity index (χ0n) is 13.1. The Morgan fingerprint density at radius 1 is 1.26 bits per heavy atom. The first kappa shape index (κ1) is 17.6. The van der Waals surface area contributed by atoms with Crippen LogP contribution in [0.2, 0.25) is 5.02 Å². The lowest BCUT2D eigenvalue weighted by molar-refractivity contribution is 0.230. The quantitative estimate of drug-likeness (QED) is 0.528. The number of ether oxygens (including phenoxy) is 2. The minimum atomic E-state index is 0.0131. The molecule has 0 unspecified atom stereocenters. The number of anilines is 1. The van der Waals surface area contributed by atoms with Crippen LogP contribution in [0.15, 0.2) is 46.0 Å². The molecule has 0 aliphatic carbocycles. The van der Waals surface area contributed by atoms with Crippen LogP contribution in [0.25, 0.3) is 0 Å². The van der Waals surface area contributed by atoms with Crippen molar-refractivity contribution in [2.45, 2.75) is 20.0 Å². The second-order valence-electron chi connectivity index (χ2n) is 5.08. The van der Waals surface area contributed by atoms with Crippen molar-refractivity contribution in [2.75, 3.05) is 12.5 Å². The summed E-state index contributed by atoms with van der Waals surface area (Å²) in [5, 5.41) is 4.70. The average Bonchev–Trinajstić information content (AvgIpc) is 2.49. The normalized spacial score (nSPS) is 11.0. The number of nitrogens with zero attached hydrogens (tertiary/aromatic N) is 1. The zero-order valence-corrected chi connectivity index (χ0v) is 15.5. The van der Waals surface area contributed by atoms with Crippen LogP contribution in [-0.2, 0) is 0 Å². The maximum atomic E-state index is 6.28. The predicted molar refractivity (Wildman–Crippen MR) is 99.1 cm³/mol. The molecule has 2 rings (SSSR count). The van der Waals surface area contributed by atoms with Crippen LogP contribution in [0, 0.1) is 0 Å². The van der Waals surface area contributed by atoms with Crippen molar-refractivity contribution in [1.29, 1.82) is 0 Å². The molecule has 1 N–H and O–H groups in total. The second kappa shape index (κ2) is 8.22. The van der Waals surface area contributed by atoms with Crippen molar-refractivity contribution in [3.63, 3.8) is 0 Å². The minimum Gasteiger partial charge on any atom is -0.493 e. The number of methoxy groups -OCH3 is 1. The molecule has 0 saturated carbocycles. The van der Waals surface area contributed by atoms with E-state index >= 15 is 0 Å². The first-order valence-electron chi connectivity index (χ1n) is 7.08. The van der Waals surface area contributed by atoms with Gasteiger partial charge in [0.2, 0.25) is 0 Å². The first-order valence-corrected chi connectivity index (χ1v) is 8.25. The fourth-order valence-corrected chi connectivity index (χ4v) is 2.57. The molecule has 0 aliphatic rings. The summed E-state index contributed by atoms with van der Waals surface area (Å²) in [4.78, 5) is 0. The van der Waals surface area contributed by atoms with E-state index in [2.05, 4.69) is 26.5 Å². The Hall–Kier alpha value is -1.72. The van der Waals surface area contributed by atoms with Crippen LogP contribution in [0.4, 0.5) is 5.69 Å². The van der Waals surface area contributed by atoms with Crippen LogP contribution in [0.1, 0.15) is 19.4 Å². The molecule has 2 aromatic carbocycles. The molecule has 4 nitrogen and oxygen atoms in total. The van der Waals surface area contributed by atoms with Gasteiger partial charge >= 0.3 is 0 Å². The van der Waals surface area contributed by atoms with Gasteiger partial charge in [0, 0.05) is 4.47 Å². The van der Waals surface area contributed by atoms with E-state index in [4.69, 9.17) is 21.1 Å². The Kier molecular flexibility index (Phi) is 6.30. The van der Waals surface area contributed by atoms with E-state index in [-0.39, 0.29) is 6.10 Å². The van der Waals surface area contributed by atoms with Gasteiger partial charge in [-0.3, -0.25) is 5.43 Å². The van der Waals surface area contributed by atoms with E-state index < -0.39 is 0 Å². The first-order chi connectivity index (χ1) is 11.0. The van der Waals surface area contributed by atoms with Gasteiger partial charge in [0.15, 0.2) is 11.5 Å². The lowest BCUT2D eigenvalue weighted by atomic mass is 10.2. The topological polar surface area (TPSA) is 42.8 Å². The van der Waals surface area contributed by atoms with Crippen LogP contribution < -0.4 is 14.9 Å². The van der Waals surface area contributed by atoms with Crippen molar-refractivity contribution in [1.82, 2.24) is 0 Å². The van der Waals surface area contributed by atoms with E-state index in [0.717, 1.165) is 15.7 Å². The number of benzene rings is 2. The summed E-state index contributed by atoms with van der Waals surface area (Å²) < 4.78 is 12.0. The molecule has 0 fully saturated rings. The Labute approximate surface area is 149 Å². The number of hydrogen-bond donors (Lipinski definition) is 1. The third kappa shape index (κ3) is 5.15. The highest BCUT2D eigenvalue weighted by Gasteiger charge is 2.12. The lowest BCUT2D eigenvalue weighted by Crippen LogP contribution is -2.07. The highest BCUT2D eigenvalue weighted by Crippen LogP contribution is 2.36. The Bertz CT molecular complexity index is 705. The van der Waals surface area contributed by atoms with Crippen molar-refractivity contribution < 1.29 is 9.47 Å². The molecule has 0 bridgehead atoms. The second-order valence-corrected chi connectivity index (χ2v) is 6.40. The van der Waals surface area contributed by atoms with E-state index in [0.29, 0.717) is 16.5 Å². The van der Waals surface area contributed by atoms with Crippen molar-refractivity contribution in [3.8, 4) is 11.5 Å². The van der Waals surface area contributed by atoms with Crippen LogP contribution >= 0.6 is 27.5 Å². The van der Waals surface area contributed by atoms with Gasteiger partial charge in [0.1, 0.15) is 0 Å². The maximum Gasteiger partial charge on any atom is 0.180 e. The summed E-state index contributed by atoms with van der Waals surface area (Å²) in [5.41, 5.74) is 4.66. The predicted octanol–water partition coefficient (Wildman–Crippen LogP) is 5.34. The SMILES string of the molecule is COc1cc(/C=N\Nc2cccc(Br)c2)cc(Cl)c1OC(C)C. The molecule has 0 amide bonds. The van der Waals surface area contributed by atoms with Crippen molar-refractivity contribution in [3.05, 3.63) is 51.5 Å². The summed E-state index contributed by atoms with van der Waals surface area (Å²) >= 11 is 9.70. The standard InChI is InChI=1S/C17H18BrClN2O2/c1-11(2)23-17-15(19)7-12(8-16(17)22-3)10-20-21-14-6-4-5-13(18)9-14/h4-11,21H,1-3H3/b20-10-. The van der Waals surface area contributed by atoms with Gasteiger partial charge in [-0.2, -0.15) is 5.10 Å². The highest BCUT2D eigenvalue weighted by molar-refractivity contribution is 9.10. The number of hydrazone groups is 1. The molecule has 0 aliphatic heterocycles. The third-order valence-electron chi connectivity index (χ3n) is 2.84. The van der Waals surface area contributed by atoms with Crippen molar-refractivity contribution >= 4 is 39.4 Å². The Balaban J connectivity index is 2.16. The lowest BCUT2D eigenvalue weighted by Gasteiger charge is -2.15. The van der Waals surface area contributed by atoms with Crippen LogP contribution in [0.5, 0.6) is 11.5 Å². The van der Waals surface area contributed by atoms with Gasteiger partial charge < -0.3 is 9.47 Å². The molecule has 6 heteroatoms. The van der Waals surface area contributed by atoms with Crippen LogP contribution in [-0.4, -0.2) is 19.4 Å². The summed E-state index contributed by atoms with van der Waals surface area (Å²) in [6, 6.07) is 11.4. The molecule has 23 heavy (non-hydrogen) atoms. The van der Waals surface area contributed by atoms with Gasteiger partial charge in [0.25, 0.3) is 0 Å². The number of nitrogens with one attached hydrogen (secondary N) is 1. The molecule has 122 valence electrons. The van der Waals surface area contributed by atoms with Gasteiger partial charge in [-0.25, -0.2) is 0 Å². The highest BCUT2D eigenvalue weighted by atomic mass is 79.9. The molecule has 0 aromatic heterocycles. The van der Waals surface area contributed by atoms with E-state index in [1.807, 2.05) is 44.2 Å². The van der Waals surface area contributed by atoms with Crippen molar-refractivity contribution in [2.24, 2.45) is 5.10 Å². The monoisotopic (exact) mass is 396 g/mol. The van der Waals surface area contributed by atoms with Gasteiger partial charge in [0.05, 0.1) is 30.1 Å². The van der Waals surface area contributed by atoms with Gasteiger partial charge in [-0.15, -0.1) is 0 Å². The number of halogens is 2. The summed E-state index contributed by atoms with van der Waals surface area (Å²) in [6.07, 6.45) is 1.69. The van der Waals surface area contributed by atoms with E-state index in [9.17, 15) is 0 Å². The molecule has 0 atom stereocenters. The molecule has 2 aromatic rings. The molecule has 0 saturated heterocycles. The maximum absolute atomic E-state index is 6.28. The molecule has 0 spiro atoms. The number of hydrogen-bond acceptors (Lipinski definition) is 4. The van der Waals surface area contributed by atoms with Crippen LogP contribution in [0.3, 0.4) is 0 Å². The molecular formula is C17H18BrClN2O2. The smallest absolute Gasteiger partial charge is 0.180 e. The summed E-state index contributed by atoms with van der Waals surface area (Å²) in [7, 11) is 1.58. The minimum absolute atomic E-state index is 0.0131. The van der Waals surface area contributed by atoms with E-state index in [1.165, 1.54) is 0 Å². The fraction of sp³-hybridized carbons (Fsp3) is 0.235. The zero-order chi connectivity index (χ0) is 16.8. The third-order valence-corrected chi connectivity index (χ3v) is 3.61. The fourth-order valence-electron chi connectivity index (χ4n) is 1.90. The van der Waals surface area contributed by atoms with E-state index in [1.54, 1.807) is 19.4 Å². The Morgan fingerprint density at radius 2 is 2.04 bits per heavy atom. The van der Waals surface area contributed by atoms with Gasteiger partial charge in [-0.1, -0.05) is 33.6 Å². The summed E-state index contributed by atoms with van der Waals surface area (Å²) in [6.45, 7) is 3.88. The average molecular weight is 398 g/mol. The largest absolute Gasteiger partial charge is 0.493 e.